The molecule has 1 amide bonds. The lowest BCUT2D eigenvalue weighted by atomic mass is 10.1. The largest absolute Gasteiger partial charge is 0.480 e. The monoisotopic (exact) mass is 282 g/mol. The zero-order valence-corrected chi connectivity index (χ0v) is 12.4. The molecule has 1 aromatic heterocycles. The van der Waals surface area contributed by atoms with E-state index in [0.717, 1.165) is 13.1 Å². The molecule has 6 heteroatoms. The second-order valence-corrected chi connectivity index (χ2v) is 5.11. The van der Waals surface area contributed by atoms with Crippen LogP contribution in [-0.2, 0) is 11.3 Å². The van der Waals surface area contributed by atoms with Gasteiger partial charge in [0, 0.05) is 0 Å². The first-order valence-electron chi connectivity index (χ1n) is 6.67. The van der Waals surface area contributed by atoms with Gasteiger partial charge in [0.15, 0.2) is 5.76 Å². The third-order valence-electron chi connectivity index (χ3n) is 3.12. The fourth-order valence-corrected chi connectivity index (χ4v) is 1.65. The van der Waals surface area contributed by atoms with Gasteiger partial charge in [0.25, 0.3) is 5.91 Å². The summed E-state index contributed by atoms with van der Waals surface area (Å²) in [6.07, 6.45) is 0. The third kappa shape index (κ3) is 4.09. The third-order valence-corrected chi connectivity index (χ3v) is 3.12. The predicted molar refractivity (Wildman–Crippen MR) is 74.5 cm³/mol. The van der Waals surface area contributed by atoms with Gasteiger partial charge in [-0.3, -0.25) is 9.69 Å². The number of hydrogen-bond acceptors (Lipinski definition) is 4. The average molecular weight is 282 g/mol. The molecule has 0 spiro atoms. The highest BCUT2D eigenvalue weighted by Crippen LogP contribution is 2.12. The number of nitrogens with one attached hydrogen (secondary N) is 1. The van der Waals surface area contributed by atoms with Crippen LogP contribution < -0.4 is 5.32 Å². The van der Waals surface area contributed by atoms with Gasteiger partial charge in [-0.05, 0) is 39.1 Å². The summed E-state index contributed by atoms with van der Waals surface area (Å²) in [6, 6.07) is 3.30. The zero-order valence-electron chi connectivity index (χ0n) is 12.4. The van der Waals surface area contributed by atoms with Crippen molar-refractivity contribution in [2.24, 2.45) is 0 Å². The molecule has 0 bridgehead atoms. The summed E-state index contributed by atoms with van der Waals surface area (Å²) in [5.74, 6) is -0.808. The Kier molecular flexibility index (Phi) is 5.33. The highest BCUT2D eigenvalue weighted by atomic mass is 16.4. The Morgan fingerprint density at radius 1 is 1.30 bits per heavy atom. The van der Waals surface area contributed by atoms with E-state index < -0.39 is 17.4 Å². The van der Waals surface area contributed by atoms with E-state index >= 15 is 0 Å². The number of carbonyl (C=O) groups is 2. The number of aliphatic carboxylic acids is 1. The number of amides is 1. The predicted octanol–water partition coefficient (Wildman–Crippen LogP) is 1.71. The molecule has 0 fully saturated rings. The standard InChI is InChI=1S/C14H22N2O4/c1-5-16(6-2)9-10-7-8-11(20-10)12(17)15-14(3,4)13(18)19/h7-8H,5-6,9H2,1-4H3,(H,15,17)(H,18,19). The Labute approximate surface area is 118 Å². The van der Waals surface area contributed by atoms with Gasteiger partial charge in [-0.25, -0.2) is 4.79 Å². The molecule has 0 aliphatic heterocycles. The zero-order chi connectivity index (χ0) is 15.3. The first-order chi connectivity index (χ1) is 9.30. The Morgan fingerprint density at radius 2 is 1.90 bits per heavy atom. The van der Waals surface area contributed by atoms with Gasteiger partial charge in [-0.1, -0.05) is 13.8 Å². The van der Waals surface area contributed by atoms with Crippen molar-refractivity contribution in [3.63, 3.8) is 0 Å². The minimum Gasteiger partial charge on any atom is -0.480 e. The minimum absolute atomic E-state index is 0.126. The van der Waals surface area contributed by atoms with E-state index in [2.05, 4.69) is 24.1 Å². The summed E-state index contributed by atoms with van der Waals surface area (Å²) in [6.45, 7) is 9.36. The molecule has 0 saturated heterocycles. The van der Waals surface area contributed by atoms with E-state index in [1.807, 2.05) is 0 Å². The molecular formula is C14H22N2O4. The first kappa shape index (κ1) is 16.2. The summed E-state index contributed by atoms with van der Waals surface area (Å²) < 4.78 is 5.46. The number of hydrogen-bond donors (Lipinski definition) is 2. The van der Waals surface area contributed by atoms with Crippen LogP contribution in [0.4, 0.5) is 0 Å². The van der Waals surface area contributed by atoms with Crippen molar-refractivity contribution in [2.75, 3.05) is 13.1 Å². The Bertz CT molecular complexity index is 475. The van der Waals surface area contributed by atoms with E-state index in [1.165, 1.54) is 13.8 Å². The highest BCUT2D eigenvalue weighted by Gasteiger charge is 2.30. The number of carbonyl (C=O) groups excluding carboxylic acids is 1. The Balaban J connectivity index is 2.72. The topological polar surface area (TPSA) is 82.8 Å². The number of nitrogens with zero attached hydrogens (tertiary/aromatic N) is 1. The second kappa shape index (κ2) is 6.56. The highest BCUT2D eigenvalue weighted by molar-refractivity contribution is 5.95. The molecule has 0 saturated carbocycles. The van der Waals surface area contributed by atoms with Gasteiger partial charge < -0.3 is 14.8 Å². The maximum Gasteiger partial charge on any atom is 0.328 e. The van der Waals surface area contributed by atoms with Crippen molar-refractivity contribution in [2.45, 2.75) is 39.8 Å². The normalized spacial score (nSPS) is 11.7. The summed E-state index contributed by atoms with van der Waals surface area (Å²) in [5.41, 5.74) is -1.33. The van der Waals surface area contributed by atoms with Crippen LogP contribution in [0.1, 0.15) is 44.0 Å². The van der Waals surface area contributed by atoms with Crippen LogP contribution in [0.2, 0.25) is 0 Å². The molecule has 1 aromatic rings. The molecule has 1 heterocycles. The Morgan fingerprint density at radius 3 is 2.40 bits per heavy atom. The average Bonchev–Trinajstić information content (AvgIpc) is 2.83. The molecule has 1 rings (SSSR count). The van der Waals surface area contributed by atoms with E-state index in [-0.39, 0.29) is 5.76 Å². The molecule has 0 aromatic carbocycles. The van der Waals surface area contributed by atoms with Crippen molar-refractivity contribution in [3.8, 4) is 0 Å². The number of rotatable bonds is 7. The van der Waals surface area contributed by atoms with Gasteiger partial charge in [-0.2, -0.15) is 0 Å². The molecule has 6 nitrogen and oxygen atoms in total. The van der Waals surface area contributed by atoms with E-state index in [4.69, 9.17) is 9.52 Å². The van der Waals surface area contributed by atoms with Crippen molar-refractivity contribution in [1.29, 1.82) is 0 Å². The summed E-state index contributed by atoms with van der Waals surface area (Å²) in [5, 5.41) is 11.4. The SMILES string of the molecule is CCN(CC)Cc1ccc(C(=O)NC(C)(C)C(=O)O)o1. The fourth-order valence-electron chi connectivity index (χ4n) is 1.65. The lowest BCUT2D eigenvalue weighted by molar-refractivity contribution is -0.143. The van der Waals surface area contributed by atoms with Crippen LogP contribution in [-0.4, -0.2) is 40.5 Å². The Hall–Kier alpha value is -1.82. The maximum absolute atomic E-state index is 11.9. The van der Waals surface area contributed by atoms with Crippen molar-refractivity contribution in [3.05, 3.63) is 23.7 Å². The van der Waals surface area contributed by atoms with Crippen molar-refractivity contribution < 1.29 is 19.1 Å². The van der Waals surface area contributed by atoms with Crippen molar-refractivity contribution in [1.82, 2.24) is 10.2 Å². The molecule has 0 unspecified atom stereocenters. The molecule has 20 heavy (non-hydrogen) atoms. The second-order valence-electron chi connectivity index (χ2n) is 5.11. The fraction of sp³-hybridized carbons (Fsp3) is 0.571. The van der Waals surface area contributed by atoms with Gasteiger partial charge >= 0.3 is 5.97 Å². The summed E-state index contributed by atoms with van der Waals surface area (Å²) >= 11 is 0. The van der Waals surface area contributed by atoms with Crippen LogP contribution in [0.5, 0.6) is 0 Å². The number of furan rings is 1. The first-order valence-corrected chi connectivity index (χ1v) is 6.67. The lowest BCUT2D eigenvalue weighted by Crippen LogP contribution is -2.49. The van der Waals surface area contributed by atoms with Gasteiger partial charge in [-0.15, -0.1) is 0 Å². The van der Waals surface area contributed by atoms with Crippen molar-refractivity contribution >= 4 is 11.9 Å². The molecule has 2 N–H and O–H groups in total. The molecule has 0 aliphatic rings. The maximum atomic E-state index is 11.9. The van der Waals surface area contributed by atoms with E-state index in [9.17, 15) is 9.59 Å². The molecular weight excluding hydrogens is 260 g/mol. The summed E-state index contributed by atoms with van der Waals surface area (Å²) in [7, 11) is 0. The van der Waals surface area contributed by atoms with Gasteiger partial charge in [0.05, 0.1) is 6.54 Å². The quantitative estimate of drug-likeness (QED) is 0.795. The van der Waals surface area contributed by atoms with Gasteiger partial charge in [0.1, 0.15) is 11.3 Å². The molecule has 0 aliphatic carbocycles. The smallest absolute Gasteiger partial charge is 0.328 e. The summed E-state index contributed by atoms with van der Waals surface area (Å²) in [4.78, 5) is 25.0. The minimum atomic E-state index is -1.33. The van der Waals surface area contributed by atoms with Crippen LogP contribution in [0.15, 0.2) is 16.5 Å². The van der Waals surface area contributed by atoms with Crippen LogP contribution in [0, 0.1) is 0 Å². The number of carboxylic acid groups (broad SMARTS) is 1. The molecule has 0 atom stereocenters. The van der Waals surface area contributed by atoms with E-state index in [1.54, 1.807) is 12.1 Å². The van der Waals surface area contributed by atoms with Gasteiger partial charge in [0.2, 0.25) is 0 Å². The lowest BCUT2D eigenvalue weighted by Gasteiger charge is -2.20. The van der Waals surface area contributed by atoms with E-state index in [0.29, 0.717) is 12.3 Å². The van der Waals surface area contributed by atoms with Crippen LogP contribution in [0.25, 0.3) is 0 Å². The van der Waals surface area contributed by atoms with Crippen LogP contribution >= 0.6 is 0 Å². The van der Waals surface area contributed by atoms with Crippen LogP contribution in [0.3, 0.4) is 0 Å². The number of carboxylic acids is 1. The molecule has 112 valence electrons. The molecule has 0 radical (unpaired) electrons.